The van der Waals surface area contributed by atoms with Crippen LogP contribution in [0.1, 0.15) is 13.3 Å². The lowest BCUT2D eigenvalue weighted by atomic mass is 10.5. The minimum atomic E-state index is 0.822. The van der Waals surface area contributed by atoms with Crippen LogP contribution < -0.4 is 0 Å². The highest BCUT2D eigenvalue weighted by molar-refractivity contribution is 9.18. The Kier molecular flexibility index (Phi) is 3.89. The number of hydrogen-bond donors (Lipinski definition) is 1. The number of nitrogens with one attached hydrogen (secondary N) is 1. The predicted octanol–water partition coefficient (Wildman–Crippen LogP) is 1.80. The van der Waals surface area contributed by atoms with Gasteiger partial charge in [-0.1, -0.05) is 6.92 Å². The van der Waals surface area contributed by atoms with Crippen LogP contribution in [0.4, 0.5) is 0 Å². The first kappa shape index (κ1) is 6.82. The molecule has 0 rings (SSSR count). The topological polar surface area (TPSA) is 36.2 Å². The van der Waals surface area contributed by atoms with Crippen LogP contribution in [0.2, 0.25) is 0 Å². The van der Waals surface area contributed by atoms with E-state index in [1.165, 1.54) is 0 Å². The second-order valence-electron chi connectivity index (χ2n) is 0.988. The van der Waals surface area contributed by atoms with Gasteiger partial charge >= 0.3 is 0 Å². The molecule has 0 saturated carbocycles. The zero-order valence-electron chi connectivity index (χ0n) is 4.11. The first-order valence-electron chi connectivity index (χ1n) is 2.02. The van der Waals surface area contributed by atoms with E-state index in [4.69, 9.17) is 5.41 Å². The fourth-order valence-corrected chi connectivity index (χ4v) is 0.264. The zero-order valence-corrected chi connectivity index (χ0v) is 5.70. The van der Waals surface area contributed by atoms with Crippen molar-refractivity contribution in [2.45, 2.75) is 13.3 Å². The van der Waals surface area contributed by atoms with Crippen LogP contribution in [0.25, 0.3) is 0 Å². The number of halogens is 1. The summed E-state index contributed by atoms with van der Waals surface area (Å²) in [5.41, 5.74) is 0. The summed E-state index contributed by atoms with van der Waals surface area (Å²) in [5, 5.41) is 6.49. The van der Waals surface area contributed by atoms with E-state index in [0.717, 1.165) is 17.4 Å². The van der Waals surface area contributed by atoms with Crippen molar-refractivity contribution in [3.8, 4) is 0 Å². The standard InChI is InChI=1S/C4H7BrN2/c1-2-4(5)7-3-6/h3,6H,2H2,1H3/b6-3?,7-4+. The summed E-state index contributed by atoms with van der Waals surface area (Å²) in [5.74, 6) is 0. The quantitative estimate of drug-likeness (QED) is 0.476. The Morgan fingerprint density at radius 3 is 2.71 bits per heavy atom. The lowest BCUT2D eigenvalue weighted by Gasteiger charge is -1.81. The van der Waals surface area contributed by atoms with Gasteiger partial charge in [-0.05, 0) is 22.4 Å². The molecule has 2 nitrogen and oxygen atoms in total. The first-order valence-corrected chi connectivity index (χ1v) is 2.81. The normalized spacial score (nSPS) is 11.4. The van der Waals surface area contributed by atoms with Crippen molar-refractivity contribution in [1.82, 2.24) is 0 Å². The molecule has 7 heavy (non-hydrogen) atoms. The highest BCUT2D eigenvalue weighted by atomic mass is 79.9. The van der Waals surface area contributed by atoms with Crippen LogP contribution >= 0.6 is 15.9 Å². The summed E-state index contributed by atoms with van der Waals surface area (Å²) in [6.45, 7) is 1.97. The molecule has 0 aliphatic rings. The lowest BCUT2D eigenvalue weighted by Crippen LogP contribution is -1.79. The minimum Gasteiger partial charge on any atom is -0.289 e. The highest BCUT2D eigenvalue weighted by Gasteiger charge is 1.80. The maximum Gasteiger partial charge on any atom is 0.107 e. The summed E-state index contributed by atoms with van der Waals surface area (Å²) in [6, 6.07) is 0. The molecule has 0 unspecified atom stereocenters. The number of hydrogen-bond acceptors (Lipinski definition) is 1. The summed E-state index contributed by atoms with van der Waals surface area (Å²) >= 11 is 3.14. The molecule has 0 spiro atoms. The van der Waals surface area contributed by atoms with Gasteiger partial charge in [0.05, 0.1) is 4.62 Å². The van der Waals surface area contributed by atoms with Crippen LogP contribution in [0.15, 0.2) is 4.99 Å². The largest absolute Gasteiger partial charge is 0.289 e. The average molecular weight is 163 g/mol. The Morgan fingerprint density at radius 2 is 2.57 bits per heavy atom. The maximum atomic E-state index is 6.49. The van der Waals surface area contributed by atoms with E-state index in [2.05, 4.69) is 20.9 Å². The SMILES string of the molecule is CC/C(Br)=N\C=N. The third-order valence-corrected chi connectivity index (χ3v) is 1.26. The molecule has 0 radical (unpaired) electrons. The van der Waals surface area contributed by atoms with Crippen molar-refractivity contribution in [3.63, 3.8) is 0 Å². The minimum absolute atomic E-state index is 0.822. The fourth-order valence-electron chi connectivity index (χ4n) is 0.161. The maximum absolute atomic E-state index is 6.49. The molecule has 0 aliphatic carbocycles. The van der Waals surface area contributed by atoms with Gasteiger partial charge in [-0.2, -0.15) is 0 Å². The molecule has 0 bridgehead atoms. The Labute approximate surface area is 51.3 Å². The van der Waals surface area contributed by atoms with E-state index in [9.17, 15) is 0 Å². The Morgan fingerprint density at radius 1 is 2.00 bits per heavy atom. The van der Waals surface area contributed by atoms with Gasteiger partial charge < -0.3 is 0 Å². The van der Waals surface area contributed by atoms with Gasteiger partial charge in [-0.15, -0.1) is 0 Å². The number of rotatable bonds is 2. The van der Waals surface area contributed by atoms with Gasteiger partial charge in [0.15, 0.2) is 0 Å². The molecule has 1 N–H and O–H groups in total. The Balaban J connectivity index is 3.49. The molecule has 0 heterocycles. The van der Waals surface area contributed by atoms with Gasteiger partial charge in [-0.25, -0.2) is 4.99 Å². The summed E-state index contributed by atoms with van der Waals surface area (Å²) < 4.78 is 0.822. The lowest BCUT2D eigenvalue weighted by molar-refractivity contribution is 1.31. The van der Waals surface area contributed by atoms with Crippen LogP contribution in [0, 0.1) is 5.41 Å². The van der Waals surface area contributed by atoms with Crippen LogP contribution in [0.3, 0.4) is 0 Å². The van der Waals surface area contributed by atoms with Gasteiger partial charge in [0.25, 0.3) is 0 Å². The van der Waals surface area contributed by atoms with E-state index >= 15 is 0 Å². The molecule has 0 aromatic rings. The first-order chi connectivity index (χ1) is 3.31. The van der Waals surface area contributed by atoms with E-state index < -0.39 is 0 Å². The molecule has 0 saturated heterocycles. The molecule has 0 aliphatic heterocycles. The van der Waals surface area contributed by atoms with Crippen molar-refractivity contribution in [2.75, 3.05) is 0 Å². The summed E-state index contributed by atoms with van der Waals surface area (Å²) in [4.78, 5) is 3.62. The van der Waals surface area contributed by atoms with Crippen molar-refractivity contribution >= 4 is 26.9 Å². The second kappa shape index (κ2) is 3.99. The van der Waals surface area contributed by atoms with Crippen molar-refractivity contribution in [1.29, 1.82) is 5.41 Å². The molecule has 0 amide bonds. The third-order valence-electron chi connectivity index (χ3n) is 0.496. The monoisotopic (exact) mass is 162 g/mol. The van der Waals surface area contributed by atoms with Crippen LogP contribution in [0.5, 0.6) is 0 Å². The zero-order chi connectivity index (χ0) is 5.70. The molecule has 40 valence electrons. The highest BCUT2D eigenvalue weighted by Crippen LogP contribution is 1.91. The Bertz CT molecular complexity index is 87.7. The van der Waals surface area contributed by atoms with Gasteiger partial charge in [0, 0.05) is 0 Å². The van der Waals surface area contributed by atoms with E-state index in [-0.39, 0.29) is 0 Å². The second-order valence-corrected chi connectivity index (χ2v) is 1.90. The van der Waals surface area contributed by atoms with Crippen LogP contribution in [-0.4, -0.2) is 11.0 Å². The predicted molar refractivity (Wildman–Crippen MR) is 35.4 cm³/mol. The number of nitrogens with zero attached hydrogens (tertiary/aromatic N) is 1. The molecular formula is C4H7BrN2. The number of aliphatic imine (C=N–C) groups is 1. The summed E-state index contributed by atoms with van der Waals surface area (Å²) in [7, 11) is 0. The Hall–Kier alpha value is -0.180. The molecule has 3 heteroatoms. The van der Waals surface area contributed by atoms with Gasteiger partial charge in [-0.3, -0.25) is 5.41 Å². The van der Waals surface area contributed by atoms with Crippen molar-refractivity contribution < 1.29 is 0 Å². The van der Waals surface area contributed by atoms with Crippen LogP contribution in [-0.2, 0) is 0 Å². The van der Waals surface area contributed by atoms with E-state index in [0.29, 0.717) is 0 Å². The average Bonchev–Trinajstić information content (AvgIpc) is 1.68. The fraction of sp³-hybridized carbons (Fsp3) is 0.500. The smallest absolute Gasteiger partial charge is 0.107 e. The molecule has 0 aromatic heterocycles. The third kappa shape index (κ3) is 3.66. The molecular weight excluding hydrogens is 156 g/mol. The van der Waals surface area contributed by atoms with E-state index in [1.807, 2.05) is 6.92 Å². The van der Waals surface area contributed by atoms with Gasteiger partial charge in [0.1, 0.15) is 6.34 Å². The van der Waals surface area contributed by atoms with Crippen molar-refractivity contribution in [2.24, 2.45) is 4.99 Å². The van der Waals surface area contributed by atoms with Crippen molar-refractivity contribution in [3.05, 3.63) is 0 Å². The van der Waals surface area contributed by atoms with E-state index in [1.54, 1.807) is 0 Å². The van der Waals surface area contributed by atoms with Gasteiger partial charge in [0.2, 0.25) is 0 Å². The summed E-state index contributed by atoms with van der Waals surface area (Å²) in [6.07, 6.45) is 1.88. The molecule has 0 fully saturated rings. The molecule has 0 atom stereocenters. The molecule has 0 aromatic carbocycles.